The van der Waals surface area contributed by atoms with Gasteiger partial charge in [-0.3, -0.25) is 4.90 Å². The third-order valence-electron chi connectivity index (χ3n) is 4.53. The van der Waals surface area contributed by atoms with Gasteiger partial charge >= 0.3 is 0 Å². The second-order valence-electron chi connectivity index (χ2n) is 7.24. The third-order valence-corrected chi connectivity index (χ3v) is 4.53. The van der Waals surface area contributed by atoms with Crippen molar-refractivity contribution in [1.82, 2.24) is 10.2 Å². The van der Waals surface area contributed by atoms with Gasteiger partial charge in [-0.15, -0.1) is 0 Å². The van der Waals surface area contributed by atoms with Gasteiger partial charge in [0.05, 0.1) is 0 Å². The van der Waals surface area contributed by atoms with Crippen LogP contribution in [0.15, 0.2) is 18.2 Å². The van der Waals surface area contributed by atoms with E-state index < -0.39 is 0 Å². The van der Waals surface area contributed by atoms with Gasteiger partial charge in [-0.05, 0) is 58.6 Å². The molecule has 0 unspecified atom stereocenters. The van der Waals surface area contributed by atoms with Gasteiger partial charge in [-0.2, -0.15) is 0 Å². The molecule has 0 amide bonds. The van der Waals surface area contributed by atoms with Crippen molar-refractivity contribution >= 4 is 0 Å². The Morgan fingerprint density at radius 2 is 1.80 bits per heavy atom. The first-order valence-electron chi connectivity index (χ1n) is 7.91. The van der Waals surface area contributed by atoms with E-state index in [1.165, 1.54) is 42.6 Å². The molecule has 1 saturated heterocycles. The molecular formula is C18H30N2. The molecule has 0 saturated carbocycles. The molecule has 1 aromatic carbocycles. The third kappa shape index (κ3) is 4.07. The smallest absolute Gasteiger partial charge is 0.0210 e. The van der Waals surface area contributed by atoms with Crippen LogP contribution in [-0.2, 0) is 6.54 Å². The maximum absolute atomic E-state index is 3.75. The lowest BCUT2D eigenvalue weighted by molar-refractivity contribution is 0.0960. The summed E-state index contributed by atoms with van der Waals surface area (Å²) in [7, 11) is 0. The summed E-state index contributed by atoms with van der Waals surface area (Å²) in [5.74, 6) is 0. The number of rotatable bonds is 3. The Hall–Kier alpha value is -0.860. The number of benzene rings is 1. The van der Waals surface area contributed by atoms with Crippen LogP contribution < -0.4 is 5.32 Å². The predicted octanol–water partition coefficient (Wildman–Crippen LogP) is 3.66. The summed E-state index contributed by atoms with van der Waals surface area (Å²) in [6, 6.07) is 7.41. The normalized spacial score (nSPS) is 18.4. The summed E-state index contributed by atoms with van der Waals surface area (Å²) < 4.78 is 0. The van der Waals surface area contributed by atoms with Crippen molar-refractivity contribution in [2.24, 2.45) is 0 Å². The van der Waals surface area contributed by atoms with Crippen LogP contribution in [-0.4, -0.2) is 29.6 Å². The van der Waals surface area contributed by atoms with Crippen LogP contribution in [0.5, 0.6) is 0 Å². The van der Waals surface area contributed by atoms with Crippen molar-refractivity contribution in [3.63, 3.8) is 0 Å². The predicted molar refractivity (Wildman–Crippen MR) is 87.1 cm³/mol. The topological polar surface area (TPSA) is 15.3 Å². The number of hydrogen-bond donors (Lipinski definition) is 1. The number of nitrogens with one attached hydrogen (secondary N) is 1. The molecule has 0 radical (unpaired) electrons. The minimum absolute atomic E-state index is 0.318. The molecule has 1 fully saturated rings. The standard InChI is InChI=1S/C18H30N2/c1-14-6-7-15(2)16(12-14)13-19-17-8-10-20(11-9-17)18(3,4)5/h6-7,12,17,19H,8-11,13H2,1-5H3. The van der Waals surface area contributed by atoms with E-state index in [2.05, 4.69) is 63.0 Å². The highest BCUT2D eigenvalue weighted by Crippen LogP contribution is 2.20. The van der Waals surface area contributed by atoms with E-state index in [0.29, 0.717) is 11.6 Å². The number of likely N-dealkylation sites (tertiary alicyclic amines) is 1. The van der Waals surface area contributed by atoms with Crippen LogP contribution in [0.3, 0.4) is 0 Å². The maximum Gasteiger partial charge on any atom is 0.0210 e. The Morgan fingerprint density at radius 1 is 1.15 bits per heavy atom. The molecule has 2 nitrogen and oxygen atoms in total. The van der Waals surface area contributed by atoms with Gasteiger partial charge in [0.25, 0.3) is 0 Å². The van der Waals surface area contributed by atoms with Crippen molar-refractivity contribution in [2.75, 3.05) is 13.1 Å². The van der Waals surface area contributed by atoms with Gasteiger partial charge in [-0.1, -0.05) is 23.8 Å². The molecular weight excluding hydrogens is 244 g/mol. The maximum atomic E-state index is 3.75. The number of aryl methyl sites for hydroxylation is 2. The minimum atomic E-state index is 0.318. The van der Waals surface area contributed by atoms with Crippen LogP contribution >= 0.6 is 0 Å². The van der Waals surface area contributed by atoms with Crippen molar-refractivity contribution < 1.29 is 0 Å². The molecule has 2 heteroatoms. The second-order valence-corrected chi connectivity index (χ2v) is 7.24. The highest BCUT2D eigenvalue weighted by molar-refractivity contribution is 5.30. The summed E-state index contributed by atoms with van der Waals surface area (Å²) in [5, 5.41) is 3.75. The van der Waals surface area contributed by atoms with Gasteiger partial charge in [-0.25, -0.2) is 0 Å². The molecule has 20 heavy (non-hydrogen) atoms. The Balaban J connectivity index is 1.83. The zero-order valence-corrected chi connectivity index (χ0v) is 13.8. The van der Waals surface area contributed by atoms with Crippen LogP contribution in [0.25, 0.3) is 0 Å². The Bertz CT molecular complexity index is 437. The van der Waals surface area contributed by atoms with Gasteiger partial charge in [0.15, 0.2) is 0 Å². The van der Waals surface area contributed by atoms with E-state index >= 15 is 0 Å². The molecule has 0 aliphatic carbocycles. The highest BCUT2D eigenvalue weighted by atomic mass is 15.2. The van der Waals surface area contributed by atoms with Crippen molar-refractivity contribution in [2.45, 2.75) is 65.6 Å². The van der Waals surface area contributed by atoms with Crippen molar-refractivity contribution in [3.8, 4) is 0 Å². The first kappa shape index (κ1) is 15.5. The fourth-order valence-corrected chi connectivity index (χ4v) is 3.00. The first-order valence-corrected chi connectivity index (χ1v) is 7.91. The van der Waals surface area contributed by atoms with E-state index in [9.17, 15) is 0 Å². The number of piperidine rings is 1. The van der Waals surface area contributed by atoms with E-state index in [1.807, 2.05) is 0 Å². The van der Waals surface area contributed by atoms with E-state index in [1.54, 1.807) is 0 Å². The molecule has 1 aliphatic rings. The molecule has 0 spiro atoms. The summed E-state index contributed by atoms with van der Waals surface area (Å²) in [5.41, 5.74) is 4.52. The summed E-state index contributed by atoms with van der Waals surface area (Å²) in [6.07, 6.45) is 2.53. The molecule has 0 bridgehead atoms. The van der Waals surface area contributed by atoms with Gasteiger partial charge < -0.3 is 5.32 Å². The quantitative estimate of drug-likeness (QED) is 0.905. The number of hydrogen-bond acceptors (Lipinski definition) is 2. The van der Waals surface area contributed by atoms with Gasteiger partial charge in [0, 0.05) is 31.2 Å². The van der Waals surface area contributed by atoms with Crippen LogP contribution in [0, 0.1) is 13.8 Å². The average Bonchev–Trinajstić information content (AvgIpc) is 2.39. The van der Waals surface area contributed by atoms with Gasteiger partial charge in [0.2, 0.25) is 0 Å². The highest BCUT2D eigenvalue weighted by Gasteiger charge is 2.26. The number of nitrogens with zero attached hydrogens (tertiary/aromatic N) is 1. The molecule has 1 heterocycles. The van der Waals surface area contributed by atoms with E-state index in [-0.39, 0.29) is 0 Å². The van der Waals surface area contributed by atoms with E-state index in [0.717, 1.165) is 6.54 Å². The Kier molecular flexibility index (Phi) is 4.87. The molecule has 0 atom stereocenters. The minimum Gasteiger partial charge on any atom is -0.310 e. The first-order chi connectivity index (χ1) is 9.36. The largest absolute Gasteiger partial charge is 0.310 e. The summed E-state index contributed by atoms with van der Waals surface area (Å²) in [6.45, 7) is 14.8. The summed E-state index contributed by atoms with van der Waals surface area (Å²) >= 11 is 0. The molecule has 0 aromatic heterocycles. The van der Waals surface area contributed by atoms with Crippen molar-refractivity contribution in [3.05, 3.63) is 34.9 Å². The van der Waals surface area contributed by atoms with Gasteiger partial charge in [0.1, 0.15) is 0 Å². The van der Waals surface area contributed by atoms with Crippen molar-refractivity contribution in [1.29, 1.82) is 0 Å². The van der Waals surface area contributed by atoms with Crippen LogP contribution in [0.4, 0.5) is 0 Å². The lowest BCUT2D eigenvalue weighted by Gasteiger charge is -2.41. The molecule has 1 aliphatic heterocycles. The Morgan fingerprint density at radius 3 is 2.40 bits per heavy atom. The molecule has 1 aromatic rings. The fraction of sp³-hybridized carbons (Fsp3) is 0.667. The molecule has 112 valence electrons. The zero-order chi connectivity index (χ0) is 14.8. The lowest BCUT2D eigenvalue weighted by atomic mass is 9.97. The fourth-order valence-electron chi connectivity index (χ4n) is 3.00. The molecule has 2 rings (SSSR count). The van der Waals surface area contributed by atoms with Crippen LogP contribution in [0.2, 0.25) is 0 Å². The second kappa shape index (κ2) is 6.28. The van der Waals surface area contributed by atoms with E-state index in [4.69, 9.17) is 0 Å². The average molecular weight is 274 g/mol. The monoisotopic (exact) mass is 274 g/mol. The Labute approximate surface area is 124 Å². The van der Waals surface area contributed by atoms with Crippen LogP contribution in [0.1, 0.15) is 50.3 Å². The summed E-state index contributed by atoms with van der Waals surface area (Å²) in [4.78, 5) is 2.60. The SMILES string of the molecule is Cc1ccc(C)c(CNC2CCN(C(C)(C)C)CC2)c1. The zero-order valence-electron chi connectivity index (χ0n) is 13.8. The lowest BCUT2D eigenvalue weighted by Crippen LogP contribution is -2.49. The molecule has 1 N–H and O–H groups in total.